The molecule has 0 spiro atoms. The lowest BCUT2D eigenvalue weighted by atomic mass is 9.99. The predicted molar refractivity (Wildman–Crippen MR) is 112 cm³/mol. The molecule has 0 saturated heterocycles. The zero-order valence-electron chi connectivity index (χ0n) is 16.4. The van der Waals surface area contributed by atoms with Gasteiger partial charge in [0, 0.05) is 17.7 Å². The van der Waals surface area contributed by atoms with Crippen LogP contribution in [-0.2, 0) is 9.59 Å². The maximum Gasteiger partial charge on any atom is 0.267 e. The van der Waals surface area contributed by atoms with Crippen LogP contribution in [0.4, 0.5) is 0 Å². The summed E-state index contributed by atoms with van der Waals surface area (Å²) in [6, 6.07) is 13.3. The van der Waals surface area contributed by atoms with Crippen molar-refractivity contribution in [2.24, 2.45) is 0 Å². The second kappa shape index (κ2) is 9.21. The third-order valence-corrected chi connectivity index (χ3v) is 4.62. The van der Waals surface area contributed by atoms with E-state index in [9.17, 15) is 9.59 Å². The van der Waals surface area contributed by atoms with Crippen LogP contribution in [0.15, 0.2) is 48.5 Å². The molecule has 1 aliphatic carbocycles. The highest BCUT2D eigenvalue weighted by molar-refractivity contribution is 6.24. The van der Waals surface area contributed by atoms with E-state index in [2.05, 4.69) is 5.32 Å². The maximum atomic E-state index is 12.9. The molecule has 2 amide bonds. The predicted octanol–water partition coefficient (Wildman–Crippen LogP) is 3.34. The Morgan fingerprint density at radius 3 is 2.59 bits per heavy atom. The van der Waals surface area contributed by atoms with Crippen molar-refractivity contribution in [3.63, 3.8) is 0 Å². The lowest BCUT2D eigenvalue weighted by molar-refractivity contribution is -0.124. The molecule has 0 bridgehead atoms. The van der Waals surface area contributed by atoms with E-state index < -0.39 is 5.91 Å². The molecule has 2 aromatic carbocycles. The van der Waals surface area contributed by atoms with Gasteiger partial charge in [-0.2, -0.15) is 0 Å². The van der Waals surface area contributed by atoms with Crippen LogP contribution in [0, 0.1) is 6.92 Å². The number of nitrogens with one attached hydrogen (secondary N) is 2. The van der Waals surface area contributed by atoms with Crippen LogP contribution >= 0.6 is 0 Å². The third-order valence-electron chi connectivity index (χ3n) is 4.62. The Kier molecular flexibility index (Phi) is 6.46. The summed E-state index contributed by atoms with van der Waals surface area (Å²) in [4.78, 5) is 24.1. The fraction of sp³-hybridized carbons (Fsp3) is 0.217. The van der Waals surface area contributed by atoms with E-state index in [4.69, 9.17) is 9.94 Å². The number of hydrogen-bond acceptors (Lipinski definition) is 4. The number of hydroxylamine groups is 1. The molecule has 1 fully saturated rings. The molecule has 29 heavy (non-hydrogen) atoms. The first-order chi connectivity index (χ1) is 14.0. The number of ether oxygens (including phenoxy) is 1. The minimum Gasteiger partial charge on any atom is -0.496 e. The van der Waals surface area contributed by atoms with Gasteiger partial charge in [0.25, 0.3) is 11.8 Å². The van der Waals surface area contributed by atoms with Crippen molar-refractivity contribution < 1.29 is 19.5 Å². The first-order valence-electron chi connectivity index (χ1n) is 9.40. The smallest absolute Gasteiger partial charge is 0.267 e. The van der Waals surface area contributed by atoms with Gasteiger partial charge in [-0.05, 0) is 72.4 Å². The van der Waals surface area contributed by atoms with Crippen LogP contribution in [0.1, 0.15) is 35.1 Å². The summed E-state index contributed by atoms with van der Waals surface area (Å²) in [6.07, 6.45) is 6.65. The summed E-state index contributed by atoms with van der Waals surface area (Å²) in [6.45, 7) is 1.96. The second-order valence-electron chi connectivity index (χ2n) is 6.97. The van der Waals surface area contributed by atoms with E-state index in [1.807, 2.05) is 55.5 Å². The number of amides is 2. The van der Waals surface area contributed by atoms with Gasteiger partial charge in [-0.25, -0.2) is 5.48 Å². The van der Waals surface area contributed by atoms with Crippen molar-refractivity contribution in [3.05, 3.63) is 70.8 Å². The summed E-state index contributed by atoms with van der Waals surface area (Å²) < 4.78 is 5.31. The Morgan fingerprint density at radius 1 is 1.14 bits per heavy atom. The van der Waals surface area contributed by atoms with Crippen LogP contribution in [-0.4, -0.2) is 30.2 Å². The van der Waals surface area contributed by atoms with E-state index >= 15 is 0 Å². The number of rotatable bonds is 7. The van der Waals surface area contributed by atoms with Gasteiger partial charge in [-0.1, -0.05) is 24.3 Å². The zero-order chi connectivity index (χ0) is 20.8. The van der Waals surface area contributed by atoms with Crippen LogP contribution < -0.4 is 15.5 Å². The first kappa shape index (κ1) is 20.4. The molecule has 0 aromatic heterocycles. The molecule has 1 saturated carbocycles. The summed E-state index contributed by atoms with van der Waals surface area (Å²) in [5, 5.41) is 11.7. The SMILES string of the molecule is COc1ccc(/C=C(/C(=O)NC2CC2)c2cccc(/C=C/C(=O)NO)c2)cc1C. The van der Waals surface area contributed by atoms with Gasteiger partial charge >= 0.3 is 0 Å². The van der Waals surface area contributed by atoms with Crippen molar-refractivity contribution >= 4 is 29.5 Å². The molecule has 150 valence electrons. The zero-order valence-corrected chi connectivity index (χ0v) is 16.4. The number of benzene rings is 2. The fourth-order valence-electron chi connectivity index (χ4n) is 2.95. The van der Waals surface area contributed by atoms with Crippen LogP contribution in [0.25, 0.3) is 17.7 Å². The average Bonchev–Trinajstić information content (AvgIpc) is 3.54. The highest BCUT2D eigenvalue weighted by Gasteiger charge is 2.25. The molecule has 3 N–H and O–H groups in total. The molecule has 3 rings (SSSR count). The van der Waals surface area contributed by atoms with Crippen LogP contribution in [0.2, 0.25) is 0 Å². The number of hydrogen-bond donors (Lipinski definition) is 3. The Labute approximate surface area is 169 Å². The van der Waals surface area contributed by atoms with E-state index in [-0.39, 0.29) is 11.9 Å². The van der Waals surface area contributed by atoms with Gasteiger partial charge in [-0.15, -0.1) is 0 Å². The number of aryl methyl sites for hydroxylation is 1. The molecular weight excluding hydrogens is 368 g/mol. The molecule has 0 aliphatic heterocycles. The third kappa shape index (κ3) is 5.56. The largest absolute Gasteiger partial charge is 0.496 e. The Hall–Kier alpha value is -3.38. The molecule has 2 aromatic rings. The van der Waals surface area contributed by atoms with Crippen molar-refractivity contribution in [3.8, 4) is 5.75 Å². The van der Waals surface area contributed by atoms with E-state index in [1.54, 1.807) is 18.7 Å². The summed E-state index contributed by atoms with van der Waals surface area (Å²) in [7, 11) is 1.63. The molecule has 6 nitrogen and oxygen atoms in total. The fourth-order valence-corrected chi connectivity index (χ4v) is 2.95. The summed E-state index contributed by atoms with van der Waals surface area (Å²) in [5.41, 5.74) is 5.45. The monoisotopic (exact) mass is 392 g/mol. The lowest BCUT2D eigenvalue weighted by Gasteiger charge is -2.11. The molecule has 1 aliphatic rings. The Bertz CT molecular complexity index is 975. The van der Waals surface area contributed by atoms with E-state index in [1.165, 1.54) is 6.08 Å². The van der Waals surface area contributed by atoms with Crippen molar-refractivity contribution in [2.45, 2.75) is 25.8 Å². The standard InChI is InChI=1S/C23H24N2O4/c1-15-12-17(6-10-21(15)29-2)14-20(23(27)24-19-8-9-19)18-5-3-4-16(13-18)7-11-22(26)25-28/h3-7,10-14,19,28H,8-9H2,1-2H3,(H,24,27)(H,25,26)/b11-7+,20-14+. The van der Waals surface area contributed by atoms with E-state index in [0.717, 1.165) is 40.8 Å². The van der Waals surface area contributed by atoms with Gasteiger partial charge in [0.2, 0.25) is 0 Å². The summed E-state index contributed by atoms with van der Waals surface area (Å²) in [5.74, 6) is 0.0435. The van der Waals surface area contributed by atoms with E-state index in [0.29, 0.717) is 5.57 Å². The lowest BCUT2D eigenvalue weighted by Crippen LogP contribution is -2.26. The molecule has 0 heterocycles. The quantitative estimate of drug-likeness (QED) is 0.292. The molecular formula is C23H24N2O4. The topological polar surface area (TPSA) is 87.7 Å². The number of methoxy groups -OCH3 is 1. The van der Waals surface area contributed by atoms with Gasteiger partial charge in [0.15, 0.2) is 0 Å². The molecule has 0 atom stereocenters. The minimum absolute atomic E-state index is 0.129. The van der Waals surface area contributed by atoms with Crippen LogP contribution in [0.3, 0.4) is 0 Å². The number of carbonyl (C=O) groups is 2. The Morgan fingerprint density at radius 2 is 1.93 bits per heavy atom. The molecule has 0 unspecified atom stereocenters. The van der Waals surface area contributed by atoms with Gasteiger partial charge in [0.05, 0.1) is 7.11 Å². The molecule has 0 radical (unpaired) electrons. The van der Waals surface area contributed by atoms with Crippen molar-refractivity contribution in [1.82, 2.24) is 10.8 Å². The first-order valence-corrected chi connectivity index (χ1v) is 9.40. The van der Waals surface area contributed by atoms with Gasteiger partial charge in [-0.3, -0.25) is 14.8 Å². The van der Waals surface area contributed by atoms with Crippen LogP contribution in [0.5, 0.6) is 5.75 Å². The second-order valence-corrected chi connectivity index (χ2v) is 6.97. The highest BCUT2D eigenvalue weighted by atomic mass is 16.5. The van der Waals surface area contributed by atoms with Gasteiger partial charge in [0.1, 0.15) is 5.75 Å². The van der Waals surface area contributed by atoms with Crippen molar-refractivity contribution in [1.29, 1.82) is 0 Å². The average molecular weight is 392 g/mol. The normalized spacial score (nSPS) is 14.0. The summed E-state index contributed by atoms with van der Waals surface area (Å²) >= 11 is 0. The highest BCUT2D eigenvalue weighted by Crippen LogP contribution is 2.26. The maximum absolute atomic E-state index is 12.9. The number of carbonyl (C=O) groups excluding carboxylic acids is 2. The van der Waals surface area contributed by atoms with Crippen molar-refractivity contribution in [2.75, 3.05) is 7.11 Å². The minimum atomic E-state index is -0.619. The molecule has 6 heteroatoms. The van der Waals surface area contributed by atoms with Gasteiger partial charge < -0.3 is 10.1 Å². The Balaban J connectivity index is 1.97.